The largest absolute Gasteiger partial charge is 0.0943 e. The Morgan fingerprint density at radius 1 is 1.36 bits per heavy atom. The van der Waals surface area contributed by atoms with Crippen LogP contribution in [0.1, 0.15) is 0 Å². The van der Waals surface area contributed by atoms with Crippen molar-refractivity contribution in [3.05, 3.63) is 41.8 Å². The summed E-state index contributed by atoms with van der Waals surface area (Å²) in [5.41, 5.74) is 0. The van der Waals surface area contributed by atoms with E-state index in [0.29, 0.717) is 0 Å². The minimum Gasteiger partial charge on any atom is -0.0943 e. The molecule has 0 nitrogen and oxygen atoms in total. The number of hydrogen-bond acceptors (Lipinski definition) is 1. The fraction of sp³-hybridized carbons (Fsp3) is 0.111. The van der Waals surface area contributed by atoms with Crippen LogP contribution in [0.2, 0.25) is 0 Å². The van der Waals surface area contributed by atoms with E-state index in [9.17, 15) is 0 Å². The third-order valence-corrected chi connectivity index (χ3v) is 3.14. The molecule has 0 aliphatic heterocycles. The molecule has 0 atom stereocenters. The van der Waals surface area contributed by atoms with Crippen LogP contribution in [-0.2, 0) is 0 Å². The predicted octanol–water partition coefficient (Wildman–Crippen LogP) is 3.69. The van der Waals surface area contributed by atoms with Crippen molar-refractivity contribution in [1.82, 2.24) is 0 Å². The summed E-state index contributed by atoms with van der Waals surface area (Å²) in [4.78, 5) is 2.38. The molecule has 0 bridgehead atoms. The van der Waals surface area contributed by atoms with Gasteiger partial charge in [-0.25, -0.2) is 0 Å². The number of alkyl halides is 1. The molecule has 1 aromatic rings. The lowest BCUT2D eigenvalue weighted by atomic mass is 10.4. The molecule has 0 saturated carbocycles. The van der Waals surface area contributed by atoms with Crippen LogP contribution in [0.5, 0.6) is 0 Å². The Hall–Kier alpha value is -0.210. The average molecular weight is 229 g/mol. The quantitative estimate of drug-likeness (QED) is 0.562. The zero-order valence-corrected chi connectivity index (χ0v) is 8.49. The van der Waals surface area contributed by atoms with Crippen LogP contribution in [0.15, 0.2) is 46.7 Å². The second-order valence-electron chi connectivity index (χ2n) is 2.09. The summed E-state index contributed by atoms with van der Waals surface area (Å²) in [6.07, 6.45) is 0. The number of halogens is 1. The van der Waals surface area contributed by atoms with Gasteiger partial charge in [0.05, 0.1) is 0 Å². The van der Waals surface area contributed by atoms with Gasteiger partial charge in [-0.1, -0.05) is 52.5 Å². The van der Waals surface area contributed by atoms with Crippen LogP contribution in [0, 0.1) is 0 Å². The zero-order chi connectivity index (χ0) is 8.10. The molecule has 11 heavy (non-hydrogen) atoms. The Balaban J connectivity index is 2.58. The minimum absolute atomic E-state index is 0.854. The first-order chi connectivity index (χ1) is 5.33. The van der Waals surface area contributed by atoms with Crippen LogP contribution in [0.3, 0.4) is 0 Å². The summed E-state index contributed by atoms with van der Waals surface area (Å²) in [6, 6.07) is 10.2. The highest BCUT2D eigenvalue weighted by molar-refractivity contribution is 9.09. The van der Waals surface area contributed by atoms with Crippen molar-refractivity contribution < 1.29 is 0 Å². The topological polar surface area (TPSA) is 0 Å². The third kappa shape index (κ3) is 3.12. The summed E-state index contributed by atoms with van der Waals surface area (Å²) < 4.78 is 0. The van der Waals surface area contributed by atoms with Crippen molar-refractivity contribution in [2.75, 3.05) is 5.33 Å². The normalized spacial score (nSPS) is 9.55. The highest BCUT2D eigenvalue weighted by Crippen LogP contribution is 2.25. The van der Waals surface area contributed by atoms with Crippen molar-refractivity contribution in [2.24, 2.45) is 0 Å². The molecule has 1 rings (SSSR count). The molecule has 0 N–H and O–H groups in total. The summed E-state index contributed by atoms with van der Waals surface area (Å²) in [5.74, 6) is 0. The highest BCUT2D eigenvalue weighted by Gasteiger charge is 1.93. The molecule has 0 aromatic heterocycles. The first-order valence-electron chi connectivity index (χ1n) is 3.29. The maximum atomic E-state index is 3.88. The molecule has 0 aliphatic rings. The van der Waals surface area contributed by atoms with Gasteiger partial charge in [-0.2, -0.15) is 0 Å². The van der Waals surface area contributed by atoms with Crippen molar-refractivity contribution in [3.8, 4) is 0 Å². The van der Waals surface area contributed by atoms with Gasteiger partial charge in [0.25, 0.3) is 0 Å². The standard InChI is InChI=1S/C9H9BrS/c1-8(7-10)11-9-5-3-2-4-6-9/h2-6H,1,7H2. The van der Waals surface area contributed by atoms with Gasteiger partial charge < -0.3 is 0 Å². The van der Waals surface area contributed by atoms with Gasteiger partial charge in [0.15, 0.2) is 0 Å². The summed E-state index contributed by atoms with van der Waals surface area (Å²) in [7, 11) is 0. The number of rotatable bonds is 3. The molecule has 0 heterocycles. The Kier molecular flexibility index (Phi) is 3.73. The van der Waals surface area contributed by atoms with Gasteiger partial charge >= 0.3 is 0 Å². The summed E-state index contributed by atoms with van der Waals surface area (Å²) in [5, 5.41) is 0.854. The van der Waals surface area contributed by atoms with Crippen LogP contribution < -0.4 is 0 Å². The smallest absolute Gasteiger partial charge is 0.0340 e. The monoisotopic (exact) mass is 228 g/mol. The second-order valence-corrected chi connectivity index (χ2v) is 3.90. The predicted molar refractivity (Wildman–Crippen MR) is 55.2 cm³/mol. The van der Waals surface area contributed by atoms with E-state index >= 15 is 0 Å². The van der Waals surface area contributed by atoms with E-state index in [2.05, 4.69) is 34.6 Å². The van der Waals surface area contributed by atoms with Crippen molar-refractivity contribution in [2.45, 2.75) is 4.90 Å². The number of thioether (sulfide) groups is 1. The van der Waals surface area contributed by atoms with Crippen LogP contribution >= 0.6 is 27.7 Å². The van der Waals surface area contributed by atoms with Gasteiger partial charge in [0, 0.05) is 10.2 Å². The number of hydrogen-bond donors (Lipinski definition) is 0. The molecule has 0 amide bonds. The molecule has 0 radical (unpaired) electrons. The fourth-order valence-electron chi connectivity index (χ4n) is 0.682. The highest BCUT2D eigenvalue weighted by atomic mass is 79.9. The second kappa shape index (κ2) is 4.62. The van der Waals surface area contributed by atoms with E-state index in [0.717, 1.165) is 10.2 Å². The fourth-order valence-corrected chi connectivity index (χ4v) is 1.71. The Morgan fingerprint density at radius 2 is 2.00 bits per heavy atom. The minimum atomic E-state index is 0.854. The maximum absolute atomic E-state index is 3.88. The van der Waals surface area contributed by atoms with Crippen molar-refractivity contribution >= 4 is 27.7 Å². The molecule has 1 aromatic carbocycles. The van der Waals surface area contributed by atoms with Gasteiger partial charge in [-0.3, -0.25) is 0 Å². The zero-order valence-electron chi connectivity index (χ0n) is 6.09. The van der Waals surface area contributed by atoms with Gasteiger partial charge in [-0.15, -0.1) is 0 Å². The van der Waals surface area contributed by atoms with E-state index in [1.54, 1.807) is 11.8 Å². The number of allylic oxidation sites excluding steroid dienone is 1. The number of benzene rings is 1. The van der Waals surface area contributed by atoms with E-state index in [1.807, 2.05) is 18.2 Å². The van der Waals surface area contributed by atoms with Crippen molar-refractivity contribution in [1.29, 1.82) is 0 Å². The molecular formula is C9H9BrS. The van der Waals surface area contributed by atoms with E-state index in [1.165, 1.54) is 4.90 Å². The molecule has 0 fully saturated rings. The molecule has 0 spiro atoms. The van der Waals surface area contributed by atoms with Gasteiger partial charge in [0.1, 0.15) is 0 Å². The SMILES string of the molecule is C=C(CBr)Sc1ccccc1. The molecular weight excluding hydrogens is 220 g/mol. The van der Waals surface area contributed by atoms with E-state index in [-0.39, 0.29) is 0 Å². The van der Waals surface area contributed by atoms with E-state index in [4.69, 9.17) is 0 Å². The first kappa shape index (κ1) is 8.88. The lowest BCUT2D eigenvalue weighted by Gasteiger charge is -1.99. The van der Waals surface area contributed by atoms with Crippen LogP contribution in [0.25, 0.3) is 0 Å². The van der Waals surface area contributed by atoms with Crippen molar-refractivity contribution in [3.63, 3.8) is 0 Å². The van der Waals surface area contributed by atoms with Crippen LogP contribution in [0.4, 0.5) is 0 Å². The lowest BCUT2D eigenvalue weighted by molar-refractivity contribution is 1.47. The van der Waals surface area contributed by atoms with Gasteiger partial charge in [-0.05, 0) is 17.0 Å². The molecule has 58 valence electrons. The summed E-state index contributed by atoms with van der Waals surface area (Å²) >= 11 is 5.05. The average Bonchev–Trinajstić information content (AvgIpc) is 2.06. The molecule has 0 aliphatic carbocycles. The van der Waals surface area contributed by atoms with Crippen LogP contribution in [-0.4, -0.2) is 5.33 Å². The Bertz CT molecular complexity index is 231. The molecule has 2 heteroatoms. The first-order valence-corrected chi connectivity index (χ1v) is 5.23. The van der Waals surface area contributed by atoms with Gasteiger partial charge in [0.2, 0.25) is 0 Å². The Labute approximate surface area is 79.8 Å². The third-order valence-electron chi connectivity index (χ3n) is 1.15. The summed E-state index contributed by atoms with van der Waals surface area (Å²) in [6.45, 7) is 3.88. The van der Waals surface area contributed by atoms with E-state index < -0.39 is 0 Å². The Morgan fingerprint density at radius 3 is 2.55 bits per heavy atom. The molecule has 0 saturated heterocycles. The molecule has 0 unspecified atom stereocenters. The maximum Gasteiger partial charge on any atom is 0.0340 e. The lowest BCUT2D eigenvalue weighted by Crippen LogP contribution is -1.74.